The number of hydrogen-bond donors (Lipinski definition) is 0. The van der Waals surface area contributed by atoms with Gasteiger partial charge in [-0.1, -0.05) is 246 Å². The van der Waals surface area contributed by atoms with Gasteiger partial charge in [-0.25, -0.2) is 0 Å². The predicted molar refractivity (Wildman–Crippen MR) is 325 cm³/mol. The van der Waals surface area contributed by atoms with Gasteiger partial charge in [-0.3, -0.25) is 14.4 Å². The molecular formula is C69H116O6. The van der Waals surface area contributed by atoms with Gasteiger partial charge in [0.05, 0.1) is 0 Å². The van der Waals surface area contributed by atoms with Crippen LogP contribution in [0.2, 0.25) is 0 Å². The van der Waals surface area contributed by atoms with Crippen molar-refractivity contribution in [1.29, 1.82) is 0 Å². The molecule has 428 valence electrons. The Morgan fingerprint density at radius 2 is 0.480 bits per heavy atom. The molecule has 0 heterocycles. The third-order valence-corrected chi connectivity index (χ3v) is 13.2. The SMILES string of the molecule is CCCCC/C=C\C/C=C\C/C=C\C/C=C\CCCCCC(=O)OC[C@@H](COC(=O)CCCCCCCCCCC/C=C\CCCCCCCC)OC(=O)CCCCC/C=C\C/C=C\C/C=C\C/C=C\CCCCC. The molecule has 0 rings (SSSR count). The van der Waals surface area contributed by atoms with Gasteiger partial charge in [0.25, 0.3) is 0 Å². The van der Waals surface area contributed by atoms with Gasteiger partial charge >= 0.3 is 17.9 Å². The highest BCUT2D eigenvalue weighted by Gasteiger charge is 2.19. The largest absolute Gasteiger partial charge is 0.462 e. The first-order chi connectivity index (χ1) is 37.0. The molecule has 0 bridgehead atoms. The van der Waals surface area contributed by atoms with E-state index in [9.17, 15) is 14.4 Å². The second kappa shape index (κ2) is 62.6. The Morgan fingerprint density at radius 1 is 0.267 bits per heavy atom. The van der Waals surface area contributed by atoms with Crippen molar-refractivity contribution in [2.24, 2.45) is 0 Å². The van der Waals surface area contributed by atoms with Crippen LogP contribution in [0.15, 0.2) is 109 Å². The maximum Gasteiger partial charge on any atom is 0.306 e. The van der Waals surface area contributed by atoms with Crippen LogP contribution in [0.25, 0.3) is 0 Å². The summed E-state index contributed by atoms with van der Waals surface area (Å²) in [5.41, 5.74) is 0. The molecule has 0 unspecified atom stereocenters. The predicted octanol–water partition coefficient (Wildman–Crippen LogP) is 21.4. The number of rotatable bonds is 56. The van der Waals surface area contributed by atoms with Gasteiger partial charge in [0.1, 0.15) is 13.2 Å². The Bertz CT molecular complexity index is 1520. The summed E-state index contributed by atoms with van der Waals surface area (Å²) in [7, 11) is 0. The molecule has 0 aromatic heterocycles. The summed E-state index contributed by atoms with van der Waals surface area (Å²) in [6.07, 6.45) is 85.1. The van der Waals surface area contributed by atoms with E-state index in [4.69, 9.17) is 14.2 Å². The Hall–Kier alpha value is -3.93. The minimum absolute atomic E-state index is 0.103. The van der Waals surface area contributed by atoms with E-state index in [0.717, 1.165) is 109 Å². The average molecular weight is 1040 g/mol. The first-order valence-electron chi connectivity index (χ1n) is 31.4. The third kappa shape index (κ3) is 60.8. The molecule has 0 aromatic carbocycles. The van der Waals surface area contributed by atoms with Crippen molar-refractivity contribution in [3.63, 3.8) is 0 Å². The monoisotopic (exact) mass is 1040 g/mol. The van der Waals surface area contributed by atoms with E-state index in [2.05, 4.69) is 130 Å². The van der Waals surface area contributed by atoms with Gasteiger partial charge < -0.3 is 14.2 Å². The van der Waals surface area contributed by atoms with E-state index in [1.165, 1.54) is 141 Å². The second-order valence-electron chi connectivity index (χ2n) is 20.6. The van der Waals surface area contributed by atoms with E-state index >= 15 is 0 Å². The fourth-order valence-corrected chi connectivity index (χ4v) is 8.46. The second-order valence-corrected chi connectivity index (χ2v) is 20.6. The molecule has 0 aliphatic carbocycles. The van der Waals surface area contributed by atoms with E-state index < -0.39 is 6.10 Å². The summed E-state index contributed by atoms with van der Waals surface area (Å²) >= 11 is 0. The van der Waals surface area contributed by atoms with Crippen LogP contribution in [0.3, 0.4) is 0 Å². The fraction of sp³-hybridized carbons (Fsp3) is 0.696. The smallest absolute Gasteiger partial charge is 0.306 e. The maximum absolute atomic E-state index is 12.9. The molecule has 75 heavy (non-hydrogen) atoms. The van der Waals surface area contributed by atoms with Gasteiger partial charge in [-0.15, -0.1) is 0 Å². The molecular weight excluding hydrogens is 925 g/mol. The lowest BCUT2D eigenvalue weighted by molar-refractivity contribution is -0.167. The minimum Gasteiger partial charge on any atom is -0.462 e. The minimum atomic E-state index is -0.812. The van der Waals surface area contributed by atoms with E-state index in [-0.39, 0.29) is 37.5 Å². The number of esters is 3. The molecule has 6 nitrogen and oxygen atoms in total. The van der Waals surface area contributed by atoms with Gasteiger partial charge in [0.2, 0.25) is 0 Å². The maximum atomic E-state index is 12.9. The van der Waals surface area contributed by atoms with Crippen LogP contribution in [-0.4, -0.2) is 37.2 Å². The summed E-state index contributed by atoms with van der Waals surface area (Å²) in [6, 6.07) is 0. The lowest BCUT2D eigenvalue weighted by Crippen LogP contribution is -2.30. The van der Waals surface area contributed by atoms with Crippen molar-refractivity contribution in [2.45, 2.75) is 297 Å². The summed E-state index contributed by atoms with van der Waals surface area (Å²) in [6.45, 7) is 6.54. The Morgan fingerprint density at radius 3 is 0.800 bits per heavy atom. The third-order valence-electron chi connectivity index (χ3n) is 13.2. The van der Waals surface area contributed by atoms with E-state index in [1.54, 1.807) is 0 Å². The molecule has 0 aliphatic rings. The highest BCUT2D eigenvalue weighted by atomic mass is 16.6. The van der Waals surface area contributed by atoms with Gasteiger partial charge in [-0.05, 0) is 135 Å². The molecule has 0 N–H and O–H groups in total. The summed E-state index contributed by atoms with van der Waals surface area (Å²) in [4.78, 5) is 38.3. The summed E-state index contributed by atoms with van der Waals surface area (Å²) < 4.78 is 16.9. The van der Waals surface area contributed by atoms with Crippen LogP contribution in [0.1, 0.15) is 290 Å². The summed E-state index contributed by atoms with van der Waals surface area (Å²) in [5.74, 6) is -0.963. The van der Waals surface area contributed by atoms with Crippen molar-refractivity contribution in [3.05, 3.63) is 109 Å². The normalized spacial score (nSPS) is 12.8. The summed E-state index contributed by atoms with van der Waals surface area (Å²) in [5, 5.41) is 0. The molecule has 0 aliphatic heterocycles. The quantitative estimate of drug-likeness (QED) is 0.0261. The van der Waals surface area contributed by atoms with Gasteiger partial charge in [0.15, 0.2) is 6.10 Å². The molecule has 0 fully saturated rings. The van der Waals surface area contributed by atoms with Gasteiger partial charge in [0, 0.05) is 19.3 Å². The zero-order valence-electron chi connectivity index (χ0n) is 49.0. The Balaban J connectivity index is 4.51. The van der Waals surface area contributed by atoms with Gasteiger partial charge in [-0.2, -0.15) is 0 Å². The van der Waals surface area contributed by atoms with Crippen LogP contribution in [0.5, 0.6) is 0 Å². The average Bonchev–Trinajstić information content (AvgIpc) is 3.41. The first-order valence-corrected chi connectivity index (χ1v) is 31.4. The highest BCUT2D eigenvalue weighted by molar-refractivity contribution is 5.71. The number of allylic oxidation sites excluding steroid dienone is 18. The molecule has 0 aromatic rings. The van der Waals surface area contributed by atoms with Crippen molar-refractivity contribution >= 4 is 17.9 Å². The van der Waals surface area contributed by atoms with Crippen molar-refractivity contribution in [2.75, 3.05) is 13.2 Å². The molecule has 1 atom stereocenters. The van der Waals surface area contributed by atoms with Crippen molar-refractivity contribution in [1.82, 2.24) is 0 Å². The van der Waals surface area contributed by atoms with Crippen molar-refractivity contribution < 1.29 is 28.6 Å². The standard InChI is InChI=1S/C69H116O6/c1-4-7-10-13-16-19-22-25-28-31-34-37-40-43-46-49-52-55-58-61-67(70)73-64-66(75-69(72)63-60-57-54-51-48-45-42-39-36-33-30-27-24-21-18-15-12-9-6-3)65-74-68(71)62-59-56-53-50-47-44-41-38-35-32-29-26-23-20-17-14-11-8-5-2/h16,18-19,21,25-30,34,36-37,39,43,45-46,48,66H,4-15,17,20,22-24,31-33,35,38,40-42,44,47,49-65H2,1-3H3/b19-16-,21-18-,28-25-,29-26-,30-27-,37-34-,39-36-,46-43-,48-45-/t66-/m0/s1. The van der Waals surface area contributed by atoms with Crippen LogP contribution in [0.4, 0.5) is 0 Å². The van der Waals surface area contributed by atoms with E-state index in [1.807, 2.05) is 0 Å². The van der Waals surface area contributed by atoms with Crippen LogP contribution in [-0.2, 0) is 28.6 Å². The van der Waals surface area contributed by atoms with E-state index in [0.29, 0.717) is 12.8 Å². The Labute approximate surface area is 463 Å². The zero-order valence-corrected chi connectivity index (χ0v) is 49.0. The van der Waals surface area contributed by atoms with Crippen molar-refractivity contribution in [3.8, 4) is 0 Å². The fourth-order valence-electron chi connectivity index (χ4n) is 8.46. The molecule has 6 heteroatoms. The lowest BCUT2D eigenvalue weighted by Gasteiger charge is -2.18. The zero-order chi connectivity index (χ0) is 54.3. The molecule has 0 amide bonds. The number of ether oxygens (including phenoxy) is 3. The van der Waals surface area contributed by atoms with Crippen LogP contribution >= 0.6 is 0 Å². The lowest BCUT2D eigenvalue weighted by atomic mass is 10.1. The number of carbonyl (C=O) groups is 3. The topological polar surface area (TPSA) is 78.9 Å². The highest BCUT2D eigenvalue weighted by Crippen LogP contribution is 2.15. The molecule has 0 radical (unpaired) electrons. The Kier molecular flexibility index (Phi) is 59.3. The number of unbranched alkanes of at least 4 members (excludes halogenated alkanes) is 27. The molecule has 0 spiro atoms. The molecule has 0 saturated heterocycles. The van der Waals surface area contributed by atoms with Crippen LogP contribution < -0.4 is 0 Å². The number of hydrogen-bond acceptors (Lipinski definition) is 6. The molecule has 0 saturated carbocycles. The number of carbonyl (C=O) groups excluding carboxylic acids is 3. The first kappa shape index (κ1) is 71.1. The van der Waals surface area contributed by atoms with Crippen LogP contribution in [0, 0.1) is 0 Å².